The standard InChI is InChI=1S/C32H31ClN2O5/c1-4-40-29(37)28-26(21-13-7-5-8-14-21)32(20(2)34-35(30(32)38)22-15-9-6-10-16-22)27(24(19-36)31(28,3)39)23-17-11-12-18-25(23)33/h5-19,24,26-28,39H,4H2,1-3H3/t24-,26+,27-,28-,31-,32-/m1/s1. The molecule has 1 saturated carbocycles. The Morgan fingerprint density at radius 2 is 1.62 bits per heavy atom. The molecule has 1 N–H and O–H groups in total. The Bertz CT molecular complexity index is 1460. The number of ether oxygens (including phenoxy) is 1. The van der Waals surface area contributed by atoms with Gasteiger partial charge in [0, 0.05) is 16.9 Å². The molecule has 0 radical (unpaired) electrons. The number of benzene rings is 3. The zero-order chi connectivity index (χ0) is 28.7. The van der Waals surface area contributed by atoms with Gasteiger partial charge in [0.2, 0.25) is 0 Å². The normalized spacial score (nSPS) is 29.8. The Morgan fingerprint density at radius 3 is 2.23 bits per heavy atom. The Morgan fingerprint density at radius 1 is 1.02 bits per heavy atom. The molecule has 1 aliphatic heterocycles. The molecule has 6 atom stereocenters. The molecule has 0 unspecified atom stereocenters. The van der Waals surface area contributed by atoms with E-state index in [1.165, 1.54) is 11.9 Å². The number of nitrogens with zero attached hydrogens (tertiary/aromatic N) is 2. The number of aldehydes is 1. The number of halogens is 1. The van der Waals surface area contributed by atoms with Crippen molar-refractivity contribution in [3.8, 4) is 0 Å². The lowest BCUT2D eigenvalue weighted by molar-refractivity contribution is -0.179. The smallest absolute Gasteiger partial charge is 0.312 e. The summed E-state index contributed by atoms with van der Waals surface area (Å²) in [6.07, 6.45) is 0.634. The largest absolute Gasteiger partial charge is 0.466 e. The Hall–Kier alpha value is -3.81. The summed E-state index contributed by atoms with van der Waals surface area (Å²) in [4.78, 5) is 41.8. The first-order valence-electron chi connectivity index (χ1n) is 13.3. The molecule has 0 bridgehead atoms. The molecule has 3 aromatic rings. The van der Waals surface area contributed by atoms with Crippen molar-refractivity contribution in [1.82, 2.24) is 0 Å². The monoisotopic (exact) mass is 558 g/mol. The minimum atomic E-state index is -1.90. The van der Waals surface area contributed by atoms with E-state index < -0.39 is 46.6 Å². The van der Waals surface area contributed by atoms with E-state index in [0.29, 0.717) is 33.8 Å². The number of rotatable bonds is 6. The van der Waals surface area contributed by atoms with Gasteiger partial charge in [-0.05, 0) is 50.1 Å². The van der Waals surface area contributed by atoms with Gasteiger partial charge in [0.25, 0.3) is 5.91 Å². The van der Waals surface area contributed by atoms with Crippen LogP contribution in [0.2, 0.25) is 5.02 Å². The van der Waals surface area contributed by atoms with Crippen LogP contribution in [0.25, 0.3) is 0 Å². The molecule has 1 aliphatic carbocycles. The van der Waals surface area contributed by atoms with Crippen molar-refractivity contribution >= 4 is 41.2 Å². The van der Waals surface area contributed by atoms with Crippen molar-refractivity contribution < 1.29 is 24.2 Å². The average Bonchev–Trinajstić information content (AvgIpc) is 3.21. The molecule has 0 saturated heterocycles. The molecule has 7 nitrogen and oxygen atoms in total. The Labute approximate surface area is 238 Å². The fourth-order valence-electron chi connectivity index (χ4n) is 6.80. The number of hydrogen-bond acceptors (Lipinski definition) is 6. The van der Waals surface area contributed by atoms with E-state index in [-0.39, 0.29) is 6.61 Å². The van der Waals surface area contributed by atoms with Crippen LogP contribution in [0.5, 0.6) is 0 Å². The van der Waals surface area contributed by atoms with Gasteiger partial charge < -0.3 is 14.6 Å². The average molecular weight is 559 g/mol. The summed E-state index contributed by atoms with van der Waals surface area (Å²) < 4.78 is 5.51. The third kappa shape index (κ3) is 4.07. The maximum atomic E-state index is 15.0. The van der Waals surface area contributed by atoms with Gasteiger partial charge in [-0.3, -0.25) is 9.59 Å². The molecule has 3 aromatic carbocycles. The number of hydrogen-bond donors (Lipinski definition) is 1. The van der Waals surface area contributed by atoms with Crippen molar-refractivity contribution in [2.75, 3.05) is 11.6 Å². The summed E-state index contributed by atoms with van der Waals surface area (Å²) in [7, 11) is 0. The van der Waals surface area contributed by atoms with Gasteiger partial charge in [-0.15, -0.1) is 0 Å². The lowest BCUT2D eigenvalue weighted by Crippen LogP contribution is -2.66. The molecule has 1 heterocycles. The zero-order valence-corrected chi connectivity index (χ0v) is 23.3. The summed E-state index contributed by atoms with van der Waals surface area (Å²) in [6, 6.07) is 25.1. The van der Waals surface area contributed by atoms with Crippen LogP contribution in [0.15, 0.2) is 90.0 Å². The molecule has 8 heteroatoms. The number of carbonyl (C=O) groups is 3. The van der Waals surface area contributed by atoms with Crippen LogP contribution < -0.4 is 5.01 Å². The van der Waals surface area contributed by atoms with Gasteiger partial charge in [0.15, 0.2) is 0 Å². The second kappa shape index (κ2) is 10.6. The highest BCUT2D eigenvalue weighted by atomic mass is 35.5. The number of esters is 1. The lowest BCUT2D eigenvalue weighted by atomic mass is 9.44. The maximum Gasteiger partial charge on any atom is 0.312 e. The first kappa shape index (κ1) is 27.7. The van der Waals surface area contributed by atoms with E-state index in [0.717, 1.165) is 0 Å². The van der Waals surface area contributed by atoms with E-state index in [4.69, 9.17) is 21.4 Å². The number of carbonyl (C=O) groups excluding carboxylic acids is 3. The third-order valence-electron chi connectivity index (χ3n) is 8.46. The summed E-state index contributed by atoms with van der Waals surface area (Å²) >= 11 is 6.77. The minimum Gasteiger partial charge on any atom is -0.466 e. The topological polar surface area (TPSA) is 96.3 Å². The minimum absolute atomic E-state index is 0.0662. The first-order valence-corrected chi connectivity index (χ1v) is 13.7. The van der Waals surface area contributed by atoms with Crippen molar-refractivity contribution in [3.05, 3.63) is 101 Å². The quantitative estimate of drug-likeness (QED) is 0.324. The van der Waals surface area contributed by atoms with Crippen LogP contribution in [0.4, 0.5) is 5.69 Å². The highest BCUT2D eigenvalue weighted by molar-refractivity contribution is 6.31. The number of amides is 1. The molecular formula is C32H31ClN2O5. The predicted octanol–water partition coefficient (Wildman–Crippen LogP) is 5.38. The maximum absolute atomic E-state index is 15.0. The van der Waals surface area contributed by atoms with E-state index in [9.17, 15) is 19.5 Å². The van der Waals surface area contributed by atoms with Crippen LogP contribution in [-0.4, -0.2) is 41.2 Å². The molecule has 206 valence electrons. The number of aliphatic hydroxyl groups is 1. The van der Waals surface area contributed by atoms with Crippen molar-refractivity contribution in [2.24, 2.45) is 22.4 Å². The van der Waals surface area contributed by atoms with Crippen molar-refractivity contribution in [3.63, 3.8) is 0 Å². The number of anilines is 1. The molecule has 40 heavy (non-hydrogen) atoms. The van der Waals surface area contributed by atoms with Crippen LogP contribution in [0.1, 0.15) is 43.7 Å². The summed E-state index contributed by atoms with van der Waals surface area (Å²) in [5.41, 5.74) is -1.35. The zero-order valence-electron chi connectivity index (χ0n) is 22.5. The van der Waals surface area contributed by atoms with Crippen molar-refractivity contribution in [1.29, 1.82) is 0 Å². The van der Waals surface area contributed by atoms with Gasteiger partial charge in [-0.2, -0.15) is 10.1 Å². The van der Waals surface area contributed by atoms with E-state index in [1.54, 1.807) is 62.4 Å². The van der Waals surface area contributed by atoms with E-state index >= 15 is 0 Å². The predicted molar refractivity (Wildman–Crippen MR) is 153 cm³/mol. The molecule has 5 rings (SSSR count). The molecule has 1 spiro atoms. The SMILES string of the molecule is CCOC(=O)[C@H]1[C@H](c2ccccc2)[C@@]2(C(=O)N(c3ccccc3)N=C2C)[C@H](c2ccccc2Cl)[C@@H](C=O)[C@@]1(C)O. The van der Waals surface area contributed by atoms with E-state index in [2.05, 4.69) is 0 Å². The fraction of sp³-hybridized carbons (Fsp3) is 0.312. The Balaban J connectivity index is 1.90. The highest BCUT2D eigenvalue weighted by Gasteiger charge is 2.72. The molecule has 1 amide bonds. The summed E-state index contributed by atoms with van der Waals surface area (Å²) in [6.45, 7) is 4.96. The molecule has 1 fully saturated rings. The summed E-state index contributed by atoms with van der Waals surface area (Å²) in [5, 5.41) is 18.6. The second-order valence-corrected chi connectivity index (χ2v) is 10.9. The van der Waals surface area contributed by atoms with Gasteiger partial charge >= 0.3 is 5.97 Å². The Kier molecular flexibility index (Phi) is 7.38. The molecular weight excluding hydrogens is 528 g/mol. The van der Waals surface area contributed by atoms with Gasteiger partial charge in [0.05, 0.1) is 35.4 Å². The second-order valence-electron chi connectivity index (χ2n) is 10.5. The molecule has 2 aliphatic rings. The van der Waals surface area contributed by atoms with Crippen LogP contribution >= 0.6 is 11.6 Å². The van der Waals surface area contributed by atoms with Gasteiger partial charge in [-0.1, -0.05) is 78.3 Å². The highest BCUT2D eigenvalue weighted by Crippen LogP contribution is 2.65. The van der Waals surface area contributed by atoms with Crippen LogP contribution in [0, 0.1) is 17.3 Å². The number of para-hydroxylation sites is 1. The van der Waals surface area contributed by atoms with Crippen LogP contribution in [-0.2, 0) is 19.1 Å². The van der Waals surface area contributed by atoms with Gasteiger partial charge in [0.1, 0.15) is 11.7 Å². The lowest BCUT2D eigenvalue weighted by Gasteiger charge is -2.57. The van der Waals surface area contributed by atoms with Crippen molar-refractivity contribution in [2.45, 2.75) is 38.2 Å². The first-order chi connectivity index (χ1) is 19.2. The van der Waals surface area contributed by atoms with Gasteiger partial charge in [-0.25, -0.2) is 0 Å². The van der Waals surface area contributed by atoms with Crippen LogP contribution in [0.3, 0.4) is 0 Å². The fourth-order valence-corrected chi connectivity index (χ4v) is 7.05. The molecule has 0 aromatic heterocycles. The van der Waals surface area contributed by atoms with E-state index in [1.807, 2.05) is 36.4 Å². The third-order valence-corrected chi connectivity index (χ3v) is 8.80. The summed E-state index contributed by atoms with van der Waals surface area (Å²) in [5.74, 6) is -5.46. The number of hydrazone groups is 1.